The van der Waals surface area contributed by atoms with E-state index in [4.69, 9.17) is 5.73 Å². The zero-order chi connectivity index (χ0) is 22.3. The average Bonchev–Trinajstić information content (AvgIpc) is 2.80. The van der Waals surface area contributed by atoms with Crippen LogP contribution in [0.4, 0.5) is 0 Å². The maximum Gasteiger partial charge on any atom is 0.242 e. The van der Waals surface area contributed by atoms with Crippen LogP contribution in [0.3, 0.4) is 0 Å². The van der Waals surface area contributed by atoms with Crippen LogP contribution in [-0.4, -0.2) is 30.9 Å². The second-order valence-electron chi connectivity index (χ2n) is 7.96. The second-order valence-corrected chi connectivity index (χ2v) is 7.96. The van der Waals surface area contributed by atoms with Gasteiger partial charge in [0.05, 0.1) is 0 Å². The van der Waals surface area contributed by atoms with Crippen LogP contribution in [0.5, 0.6) is 0 Å². The summed E-state index contributed by atoms with van der Waals surface area (Å²) in [6.07, 6.45) is 5.39. The Morgan fingerprint density at radius 3 is 2.03 bits per heavy atom. The zero-order valence-corrected chi connectivity index (χ0v) is 18.7. The first kappa shape index (κ1) is 24.6. The van der Waals surface area contributed by atoms with Crippen LogP contribution >= 0.6 is 0 Å². The highest BCUT2D eigenvalue weighted by molar-refractivity contribution is 5.87. The van der Waals surface area contributed by atoms with E-state index < -0.39 is 6.04 Å². The van der Waals surface area contributed by atoms with Crippen molar-refractivity contribution in [3.8, 4) is 0 Å². The van der Waals surface area contributed by atoms with Crippen molar-refractivity contribution in [1.29, 1.82) is 0 Å². The van der Waals surface area contributed by atoms with Gasteiger partial charge in [0.25, 0.3) is 0 Å². The van der Waals surface area contributed by atoms with Crippen LogP contribution in [0.1, 0.15) is 68.9 Å². The van der Waals surface area contributed by atoms with Crippen molar-refractivity contribution in [1.82, 2.24) is 10.6 Å². The molecule has 0 aliphatic heterocycles. The molecule has 0 aromatic heterocycles. The van der Waals surface area contributed by atoms with Gasteiger partial charge in [0.15, 0.2) is 0 Å². The molecule has 4 N–H and O–H groups in total. The molecule has 2 rings (SSSR count). The van der Waals surface area contributed by atoms with Crippen molar-refractivity contribution >= 4 is 11.8 Å². The molecule has 0 aliphatic carbocycles. The molecule has 5 nitrogen and oxygen atoms in total. The summed E-state index contributed by atoms with van der Waals surface area (Å²) in [4.78, 5) is 25.0. The first-order chi connectivity index (χ1) is 15.2. The number of unbranched alkanes of at least 4 members (excludes halogenated alkanes) is 2. The number of rotatable bonds is 14. The Morgan fingerprint density at radius 2 is 1.48 bits per heavy atom. The van der Waals surface area contributed by atoms with Gasteiger partial charge in [0.1, 0.15) is 6.04 Å². The lowest BCUT2D eigenvalue weighted by atomic mass is 9.88. The Morgan fingerprint density at radius 1 is 0.871 bits per heavy atom. The second kappa shape index (κ2) is 14.4. The van der Waals surface area contributed by atoms with E-state index in [1.807, 2.05) is 43.3 Å². The maximum absolute atomic E-state index is 12.8. The lowest BCUT2D eigenvalue weighted by molar-refractivity contribution is -0.129. The molecule has 0 saturated heterocycles. The van der Waals surface area contributed by atoms with E-state index in [-0.39, 0.29) is 17.7 Å². The van der Waals surface area contributed by atoms with E-state index in [2.05, 4.69) is 34.9 Å². The third-order valence-electron chi connectivity index (χ3n) is 5.47. The lowest BCUT2D eigenvalue weighted by Gasteiger charge is -2.21. The highest BCUT2D eigenvalue weighted by atomic mass is 16.2. The molecular formula is C26H37N3O2. The molecule has 0 aliphatic rings. The molecule has 1 atom stereocenters. The Hall–Kier alpha value is -2.66. The van der Waals surface area contributed by atoms with Gasteiger partial charge < -0.3 is 16.4 Å². The summed E-state index contributed by atoms with van der Waals surface area (Å²) in [5.74, 6) is 0.0542. The van der Waals surface area contributed by atoms with Gasteiger partial charge in [-0.15, -0.1) is 0 Å². The van der Waals surface area contributed by atoms with Crippen molar-refractivity contribution in [3.05, 3.63) is 71.8 Å². The predicted octanol–water partition coefficient (Wildman–Crippen LogP) is 4.13. The molecule has 0 spiro atoms. The molecule has 31 heavy (non-hydrogen) atoms. The summed E-state index contributed by atoms with van der Waals surface area (Å²) in [5, 5.41) is 5.96. The van der Waals surface area contributed by atoms with E-state index in [0.717, 1.165) is 32.1 Å². The molecule has 168 valence electrons. The Bertz CT molecular complexity index is 725. The SMILES string of the molecule is CCCC(NC(=O)CCCCCN)C(=O)NCCC(c1ccccc1)c1ccccc1. The van der Waals surface area contributed by atoms with Crippen LogP contribution < -0.4 is 16.4 Å². The largest absolute Gasteiger partial charge is 0.354 e. The number of amides is 2. The Kier molecular flexibility index (Phi) is 11.4. The van der Waals surface area contributed by atoms with Gasteiger partial charge in [-0.05, 0) is 43.4 Å². The standard InChI is InChI=1S/C26H37N3O2/c1-2-12-24(29-25(30)17-10-5-11-19-27)26(31)28-20-18-23(21-13-6-3-7-14-21)22-15-8-4-9-16-22/h3-4,6-9,13-16,23-24H,2,5,10-12,17-20,27H2,1H3,(H,28,31)(H,29,30). The van der Waals surface area contributed by atoms with Crippen molar-refractivity contribution in [2.75, 3.05) is 13.1 Å². The summed E-state index contributed by atoms with van der Waals surface area (Å²) in [6.45, 7) is 3.23. The smallest absolute Gasteiger partial charge is 0.242 e. The topological polar surface area (TPSA) is 84.2 Å². The van der Waals surface area contributed by atoms with Gasteiger partial charge in [0.2, 0.25) is 11.8 Å². The summed E-state index contributed by atoms with van der Waals surface area (Å²) in [5.41, 5.74) is 7.96. The summed E-state index contributed by atoms with van der Waals surface area (Å²) in [7, 11) is 0. The summed E-state index contributed by atoms with van der Waals surface area (Å²) < 4.78 is 0. The minimum absolute atomic E-state index is 0.0583. The molecule has 5 heteroatoms. The van der Waals surface area contributed by atoms with Gasteiger partial charge in [-0.1, -0.05) is 80.4 Å². The molecule has 0 heterocycles. The normalized spacial score (nSPS) is 11.8. The number of carbonyl (C=O) groups excluding carboxylic acids is 2. The van der Waals surface area contributed by atoms with Gasteiger partial charge in [0, 0.05) is 18.9 Å². The number of nitrogens with one attached hydrogen (secondary N) is 2. The van der Waals surface area contributed by atoms with Crippen LogP contribution in [0.2, 0.25) is 0 Å². The third kappa shape index (κ3) is 8.93. The molecular weight excluding hydrogens is 386 g/mol. The van der Waals surface area contributed by atoms with Crippen LogP contribution in [0.25, 0.3) is 0 Å². The zero-order valence-electron chi connectivity index (χ0n) is 18.7. The van der Waals surface area contributed by atoms with Gasteiger partial charge >= 0.3 is 0 Å². The van der Waals surface area contributed by atoms with E-state index in [9.17, 15) is 9.59 Å². The highest BCUT2D eigenvalue weighted by Gasteiger charge is 2.20. The van der Waals surface area contributed by atoms with E-state index >= 15 is 0 Å². The molecule has 1 unspecified atom stereocenters. The fourth-order valence-corrected chi connectivity index (χ4v) is 3.79. The van der Waals surface area contributed by atoms with E-state index in [1.54, 1.807) is 0 Å². The molecule has 0 radical (unpaired) electrons. The quantitative estimate of drug-likeness (QED) is 0.400. The maximum atomic E-state index is 12.8. The molecule has 0 saturated carbocycles. The molecule has 2 amide bonds. The number of hydrogen-bond donors (Lipinski definition) is 3. The average molecular weight is 424 g/mol. The minimum atomic E-state index is -0.473. The number of hydrogen-bond acceptors (Lipinski definition) is 3. The Balaban J connectivity index is 1.90. The summed E-state index contributed by atoms with van der Waals surface area (Å²) >= 11 is 0. The Labute approximate surface area is 186 Å². The van der Waals surface area contributed by atoms with Crippen molar-refractivity contribution in [2.45, 2.75) is 63.8 Å². The fourth-order valence-electron chi connectivity index (χ4n) is 3.79. The monoisotopic (exact) mass is 423 g/mol. The van der Waals surface area contributed by atoms with Gasteiger partial charge in [-0.3, -0.25) is 9.59 Å². The van der Waals surface area contributed by atoms with Crippen LogP contribution in [0.15, 0.2) is 60.7 Å². The molecule has 2 aromatic rings. The van der Waals surface area contributed by atoms with E-state index in [1.165, 1.54) is 11.1 Å². The van der Waals surface area contributed by atoms with E-state index in [0.29, 0.717) is 25.9 Å². The van der Waals surface area contributed by atoms with Gasteiger partial charge in [-0.25, -0.2) is 0 Å². The first-order valence-corrected chi connectivity index (χ1v) is 11.5. The third-order valence-corrected chi connectivity index (χ3v) is 5.47. The molecule has 0 bridgehead atoms. The van der Waals surface area contributed by atoms with Gasteiger partial charge in [-0.2, -0.15) is 0 Å². The fraction of sp³-hybridized carbons (Fsp3) is 0.462. The molecule has 0 fully saturated rings. The summed E-state index contributed by atoms with van der Waals surface area (Å²) in [6, 6.07) is 20.3. The number of benzene rings is 2. The van der Waals surface area contributed by atoms with Crippen molar-refractivity contribution in [3.63, 3.8) is 0 Å². The van der Waals surface area contributed by atoms with Crippen LogP contribution in [-0.2, 0) is 9.59 Å². The number of carbonyl (C=O) groups is 2. The minimum Gasteiger partial charge on any atom is -0.354 e. The van der Waals surface area contributed by atoms with Crippen molar-refractivity contribution in [2.24, 2.45) is 5.73 Å². The first-order valence-electron chi connectivity index (χ1n) is 11.5. The lowest BCUT2D eigenvalue weighted by Crippen LogP contribution is -2.47. The highest BCUT2D eigenvalue weighted by Crippen LogP contribution is 2.27. The predicted molar refractivity (Wildman–Crippen MR) is 127 cm³/mol. The molecule has 2 aromatic carbocycles. The van der Waals surface area contributed by atoms with Crippen LogP contribution in [0, 0.1) is 0 Å². The number of nitrogens with two attached hydrogens (primary N) is 1. The van der Waals surface area contributed by atoms with Crippen molar-refractivity contribution < 1.29 is 9.59 Å².